The maximum atomic E-state index is 11.5. The standard InChI is InChI=1S/C13H16N2O2/c1-8(2)7-10-9-5-4-6-11(17-3)12(9)15-13(16)14-10/h4-6,8H,7H2,1-3H3,(H,14,15,16). The van der Waals surface area contributed by atoms with E-state index in [4.69, 9.17) is 4.74 Å². The summed E-state index contributed by atoms with van der Waals surface area (Å²) in [7, 11) is 1.58. The van der Waals surface area contributed by atoms with Crippen LogP contribution in [0.1, 0.15) is 19.5 Å². The molecule has 2 rings (SSSR count). The lowest BCUT2D eigenvalue weighted by molar-refractivity contribution is 0.418. The minimum Gasteiger partial charge on any atom is -0.494 e. The van der Waals surface area contributed by atoms with Crippen LogP contribution in [0.15, 0.2) is 23.0 Å². The number of benzene rings is 1. The van der Waals surface area contributed by atoms with Crippen LogP contribution >= 0.6 is 0 Å². The first-order valence-electron chi connectivity index (χ1n) is 5.67. The Bertz CT molecular complexity index is 587. The fourth-order valence-corrected chi connectivity index (χ4v) is 1.94. The van der Waals surface area contributed by atoms with Gasteiger partial charge in [0.1, 0.15) is 11.3 Å². The van der Waals surface area contributed by atoms with E-state index in [9.17, 15) is 4.79 Å². The van der Waals surface area contributed by atoms with E-state index in [1.165, 1.54) is 0 Å². The van der Waals surface area contributed by atoms with Gasteiger partial charge < -0.3 is 9.72 Å². The number of aromatic amines is 1. The highest BCUT2D eigenvalue weighted by molar-refractivity contribution is 5.86. The third-order valence-electron chi connectivity index (χ3n) is 2.63. The highest BCUT2D eigenvalue weighted by atomic mass is 16.5. The molecule has 1 aromatic carbocycles. The molecular formula is C13H16N2O2. The molecule has 0 saturated carbocycles. The molecule has 0 radical (unpaired) electrons. The summed E-state index contributed by atoms with van der Waals surface area (Å²) in [4.78, 5) is 18.3. The quantitative estimate of drug-likeness (QED) is 0.882. The van der Waals surface area contributed by atoms with E-state index in [0.29, 0.717) is 17.2 Å². The fraction of sp³-hybridized carbons (Fsp3) is 0.385. The van der Waals surface area contributed by atoms with Gasteiger partial charge in [0.15, 0.2) is 0 Å². The Morgan fingerprint density at radius 2 is 2.18 bits per heavy atom. The SMILES string of the molecule is COc1cccc2c(CC(C)C)[nH]c(=O)nc12. The molecule has 90 valence electrons. The predicted octanol–water partition coefficient (Wildman–Crippen LogP) is 2.13. The number of nitrogens with zero attached hydrogens (tertiary/aromatic N) is 1. The third-order valence-corrected chi connectivity index (χ3v) is 2.63. The lowest BCUT2D eigenvalue weighted by Crippen LogP contribution is -2.14. The number of aromatic nitrogens is 2. The van der Waals surface area contributed by atoms with Gasteiger partial charge in [-0.15, -0.1) is 0 Å². The highest BCUT2D eigenvalue weighted by Crippen LogP contribution is 2.24. The number of ether oxygens (including phenoxy) is 1. The lowest BCUT2D eigenvalue weighted by atomic mass is 10.0. The second-order valence-corrected chi connectivity index (χ2v) is 4.47. The van der Waals surface area contributed by atoms with Crippen LogP contribution in [0.25, 0.3) is 10.9 Å². The van der Waals surface area contributed by atoms with E-state index >= 15 is 0 Å². The molecule has 4 heteroatoms. The zero-order valence-corrected chi connectivity index (χ0v) is 10.3. The maximum Gasteiger partial charge on any atom is 0.345 e. The van der Waals surface area contributed by atoms with Crippen molar-refractivity contribution in [1.82, 2.24) is 9.97 Å². The molecular weight excluding hydrogens is 216 g/mol. The summed E-state index contributed by atoms with van der Waals surface area (Å²) in [5, 5.41) is 0.956. The normalized spacial score (nSPS) is 11.1. The molecule has 0 aliphatic rings. The second kappa shape index (κ2) is 4.57. The number of methoxy groups -OCH3 is 1. The monoisotopic (exact) mass is 232 g/mol. The molecule has 0 aliphatic carbocycles. The molecule has 0 atom stereocenters. The fourth-order valence-electron chi connectivity index (χ4n) is 1.94. The summed E-state index contributed by atoms with van der Waals surface area (Å²) in [6.45, 7) is 4.23. The van der Waals surface area contributed by atoms with E-state index in [2.05, 4.69) is 23.8 Å². The Morgan fingerprint density at radius 1 is 1.41 bits per heavy atom. The van der Waals surface area contributed by atoms with E-state index in [0.717, 1.165) is 17.5 Å². The van der Waals surface area contributed by atoms with Crippen LogP contribution in [-0.4, -0.2) is 17.1 Å². The smallest absolute Gasteiger partial charge is 0.345 e. The van der Waals surface area contributed by atoms with Gasteiger partial charge in [-0.2, -0.15) is 4.98 Å². The van der Waals surface area contributed by atoms with Crippen molar-refractivity contribution < 1.29 is 4.74 Å². The van der Waals surface area contributed by atoms with Crippen molar-refractivity contribution >= 4 is 10.9 Å². The largest absolute Gasteiger partial charge is 0.494 e. The van der Waals surface area contributed by atoms with Crippen LogP contribution in [0.4, 0.5) is 0 Å². The van der Waals surface area contributed by atoms with Crippen molar-refractivity contribution in [1.29, 1.82) is 0 Å². The summed E-state index contributed by atoms with van der Waals surface area (Å²) in [5.41, 5.74) is 1.24. The molecule has 1 N–H and O–H groups in total. The second-order valence-electron chi connectivity index (χ2n) is 4.47. The number of para-hydroxylation sites is 1. The first-order chi connectivity index (χ1) is 8.11. The van der Waals surface area contributed by atoms with E-state index in [-0.39, 0.29) is 5.69 Å². The Balaban J connectivity index is 2.72. The Labute approximate surface area is 99.7 Å². The highest BCUT2D eigenvalue weighted by Gasteiger charge is 2.09. The lowest BCUT2D eigenvalue weighted by Gasteiger charge is -2.10. The van der Waals surface area contributed by atoms with Gasteiger partial charge in [0.05, 0.1) is 7.11 Å². The molecule has 1 aromatic heterocycles. The van der Waals surface area contributed by atoms with Crippen molar-refractivity contribution in [2.24, 2.45) is 5.92 Å². The molecule has 0 saturated heterocycles. The van der Waals surface area contributed by atoms with Gasteiger partial charge >= 0.3 is 5.69 Å². The van der Waals surface area contributed by atoms with Crippen molar-refractivity contribution in [3.05, 3.63) is 34.4 Å². The maximum absolute atomic E-state index is 11.5. The predicted molar refractivity (Wildman–Crippen MR) is 67.5 cm³/mol. The van der Waals surface area contributed by atoms with Crippen LogP contribution in [0, 0.1) is 5.92 Å². The Kier molecular flexibility index (Phi) is 3.13. The van der Waals surface area contributed by atoms with Gasteiger partial charge in [0, 0.05) is 11.1 Å². The number of hydrogen-bond donors (Lipinski definition) is 1. The zero-order chi connectivity index (χ0) is 12.4. The summed E-state index contributed by atoms with van der Waals surface area (Å²) in [6, 6.07) is 5.68. The molecule has 4 nitrogen and oxygen atoms in total. The molecule has 0 aliphatic heterocycles. The molecule has 2 aromatic rings. The van der Waals surface area contributed by atoms with E-state index in [1.807, 2.05) is 18.2 Å². The summed E-state index contributed by atoms with van der Waals surface area (Å²) in [6.07, 6.45) is 0.821. The van der Waals surface area contributed by atoms with Crippen LogP contribution < -0.4 is 10.4 Å². The Morgan fingerprint density at radius 3 is 2.82 bits per heavy atom. The van der Waals surface area contributed by atoms with Crippen LogP contribution in [0.5, 0.6) is 5.75 Å². The van der Waals surface area contributed by atoms with Gasteiger partial charge in [-0.05, 0) is 18.4 Å². The third kappa shape index (κ3) is 2.30. The van der Waals surface area contributed by atoms with Crippen LogP contribution in [0.2, 0.25) is 0 Å². The van der Waals surface area contributed by atoms with Gasteiger partial charge in [0.2, 0.25) is 0 Å². The van der Waals surface area contributed by atoms with Crippen molar-refractivity contribution in [3.63, 3.8) is 0 Å². The molecule has 1 heterocycles. The molecule has 0 bridgehead atoms. The first-order valence-corrected chi connectivity index (χ1v) is 5.67. The topological polar surface area (TPSA) is 55.0 Å². The van der Waals surface area contributed by atoms with E-state index in [1.54, 1.807) is 7.11 Å². The number of hydrogen-bond acceptors (Lipinski definition) is 3. The minimum atomic E-state index is -0.322. The molecule has 0 unspecified atom stereocenters. The van der Waals surface area contributed by atoms with Crippen molar-refractivity contribution in [3.8, 4) is 5.75 Å². The van der Waals surface area contributed by atoms with Crippen LogP contribution in [-0.2, 0) is 6.42 Å². The average Bonchev–Trinajstić information content (AvgIpc) is 2.27. The number of H-pyrrole nitrogens is 1. The molecule has 0 amide bonds. The number of nitrogens with one attached hydrogen (secondary N) is 1. The first kappa shape index (κ1) is 11.6. The summed E-state index contributed by atoms with van der Waals surface area (Å²) >= 11 is 0. The van der Waals surface area contributed by atoms with Crippen molar-refractivity contribution in [2.75, 3.05) is 7.11 Å². The minimum absolute atomic E-state index is 0.322. The number of rotatable bonds is 3. The van der Waals surface area contributed by atoms with Crippen LogP contribution in [0.3, 0.4) is 0 Å². The average molecular weight is 232 g/mol. The zero-order valence-electron chi connectivity index (χ0n) is 10.3. The molecule has 0 spiro atoms. The van der Waals surface area contributed by atoms with E-state index < -0.39 is 0 Å². The molecule has 0 fully saturated rings. The Hall–Kier alpha value is -1.84. The van der Waals surface area contributed by atoms with Gasteiger partial charge in [0.25, 0.3) is 0 Å². The van der Waals surface area contributed by atoms with Gasteiger partial charge in [-0.1, -0.05) is 26.0 Å². The number of fused-ring (bicyclic) bond motifs is 1. The van der Waals surface area contributed by atoms with Crippen molar-refractivity contribution in [2.45, 2.75) is 20.3 Å². The summed E-state index contributed by atoms with van der Waals surface area (Å²) in [5.74, 6) is 1.11. The van der Waals surface area contributed by atoms with Gasteiger partial charge in [-0.3, -0.25) is 0 Å². The molecule has 17 heavy (non-hydrogen) atoms. The van der Waals surface area contributed by atoms with Gasteiger partial charge in [-0.25, -0.2) is 4.79 Å². The summed E-state index contributed by atoms with van der Waals surface area (Å²) < 4.78 is 5.23.